The van der Waals surface area contributed by atoms with Gasteiger partial charge in [-0.05, 0) is 75.3 Å². The molecule has 2 N–H and O–H groups in total. The van der Waals surface area contributed by atoms with E-state index < -0.39 is 0 Å². The molecule has 0 amide bonds. The zero-order valence-electron chi connectivity index (χ0n) is 25.1. The lowest BCUT2D eigenvalue weighted by molar-refractivity contribution is 0.412. The van der Waals surface area contributed by atoms with Crippen molar-refractivity contribution < 1.29 is 10.2 Å². The summed E-state index contributed by atoms with van der Waals surface area (Å²) in [7, 11) is 0. The second-order valence-electron chi connectivity index (χ2n) is 13.1. The van der Waals surface area contributed by atoms with Crippen molar-refractivity contribution in [1.29, 1.82) is 0 Å². The molecule has 5 rings (SSSR count). The fourth-order valence-electron chi connectivity index (χ4n) is 7.63. The molecule has 4 heteroatoms. The molecule has 0 saturated heterocycles. The minimum atomic E-state index is 0.530. The average molecular weight is 581 g/mol. The number of phenols is 2. The van der Waals surface area contributed by atoms with Crippen LogP contribution in [0.2, 0.25) is 0 Å². The first-order valence-electron chi connectivity index (χ1n) is 16.4. The zero-order valence-corrected chi connectivity index (χ0v) is 26.7. The van der Waals surface area contributed by atoms with Gasteiger partial charge in [0.25, 0.3) is 0 Å². The molecule has 2 aromatic rings. The summed E-state index contributed by atoms with van der Waals surface area (Å²) >= 11 is 4.17. The normalized spacial score (nSPS) is 23.6. The molecule has 3 saturated carbocycles. The van der Waals surface area contributed by atoms with E-state index in [-0.39, 0.29) is 0 Å². The van der Waals surface area contributed by atoms with Crippen LogP contribution >= 0.6 is 23.5 Å². The molecule has 0 spiro atoms. The number of hydrogen-bond donors (Lipinski definition) is 2. The Kier molecular flexibility index (Phi) is 11.1. The van der Waals surface area contributed by atoms with Crippen molar-refractivity contribution in [2.75, 3.05) is 0 Å². The lowest BCUT2D eigenvalue weighted by Crippen LogP contribution is -2.22. The number of rotatable bonds is 8. The highest BCUT2D eigenvalue weighted by atomic mass is 32.2. The molecule has 3 aliphatic carbocycles. The van der Waals surface area contributed by atoms with Gasteiger partial charge in [0.2, 0.25) is 0 Å². The van der Waals surface area contributed by atoms with Crippen LogP contribution in [-0.2, 0) is 11.5 Å². The van der Waals surface area contributed by atoms with Gasteiger partial charge in [-0.25, -0.2) is 0 Å². The van der Waals surface area contributed by atoms with Crippen molar-refractivity contribution in [1.82, 2.24) is 0 Å². The van der Waals surface area contributed by atoms with Crippen molar-refractivity contribution in [3.63, 3.8) is 0 Å². The molecule has 0 heterocycles. The SMILES string of the molecule is Cc1cc(CSC2CCCCCC[C@@H]2SCc2cc(C)cc(C3CCCCC3)c2O)c(O)c(C2CCCCC2)c1. The first kappa shape index (κ1) is 30.2. The Labute approximate surface area is 252 Å². The first-order chi connectivity index (χ1) is 19.5. The van der Waals surface area contributed by atoms with Crippen LogP contribution in [0.25, 0.3) is 0 Å². The summed E-state index contributed by atoms with van der Waals surface area (Å²) in [4.78, 5) is 0. The Balaban J connectivity index is 1.28. The second kappa shape index (κ2) is 14.8. The van der Waals surface area contributed by atoms with Crippen LogP contribution in [0.15, 0.2) is 24.3 Å². The zero-order chi connectivity index (χ0) is 27.9. The molecular weight excluding hydrogens is 529 g/mol. The van der Waals surface area contributed by atoms with Gasteiger partial charge in [-0.1, -0.05) is 99.6 Å². The molecule has 3 aliphatic rings. The van der Waals surface area contributed by atoms with E-state index in [9.17, 15) is 10.2 Å². The lowest BCUT2D eigenvalue weighted by atomic mass is 9.82. The molecule has 0 radical (unpaired) electrons. The minimum absolute atomic E-state index is 0.530. The molecular formula is C36H52O2S2. The van der Waals surface area contributed by atoms with Crippen LogP contribution in [-0.4, -0.2) is 20.7 Å². The molecule has 2 atom stereocenters. The smallest absolute Gasteiger partial charge is 0.123 e. The first-order valence-corrected chi connectivity index (χ1v) is 18.5. The van der Waals surface area contributed by atoms with E-state index in [1.54, 1.807) is 0 Å². The number of aromatic hydroxyl groups is 2. The fraction of sp³-hybridized carbons (Fsp3) is 0.667. The summed E-state index contributed by atoms with van der Waals surface area (Å²) in [5.41, 5.74) is 7.29. The van der Waals surface area contributed by atoms with Crippen molar-refractivity contribution >= 4 is 23.5 Å². The van der Waals surface area contributed by atoms with Crippen LogP contribution in [0.4, 0.5) is 0 Å². The maximum Gasteiger partial charge on any atom is 0.123 e. The predicted octanol–water partition coefficient (Wildman–Crippen LogP) is 11.1. The van der Waals surface area contributed by atoms with Crippen LogP contribution in [0.3, 0.4) is 0 Å². The van der Waals surface area contributed by atoms with Gasteiger partial charge in [0.15, 0.2) is 0 Å². The average Bonchev–Trinajstić information content (AvgIpc) is 2.96. The minimum Gasteiger partial charge on any atom is -0.507 e. The molecule has 0 aliphatic heterocycles. The van der Waals surface area contributed by atoms with Crippen LogP contribution in [0, 0.1) is 13.8 Å². The van der Waals surface area contributed by atoms with E-state index in [0.717, 1.165) is 22.6 Å². The van der Waals surface area contributed by atoms with Crippen molar-refractivity contribution in [2.45, 2.75) is 150 Å². The van der Waals surface area contributed by atoms with Gasteiger partial charge in [0.05, 0.1) is 0 Å². The number of phenolic OH excluding ortho intramolecular Hbond substituents is 2. The highest BCUT2D eigenvalue weighted by Gasteiger charge is 2.27. The van der Waals surface area contributed by atoms with Gasteiger partial charge in [0, 0.05) is 33.1 Å². The lowest BCUT2D eigenvalue weighted by Gasteiger charge is -2.30. The predicted molar refractivity (Wildman–Crippen MR) is 175 cm³/mol. The number of thioether (sulfide) groups is 2. The molecule has 1 unspecified atom stereocenters. The van der Waals surface area contributed by atoms with Crippen molar-refractivity contribution in [3.8, 4) is 11.5 Å². The largest absolute Gasteiger partial charge is 0.507 e. The van der Waals surface area contributed by atoms with E-state index in [4.69, 9.17) is 0 Å². The van der Waals surface area contributed by atoms with Gasteiger partial charge in [0.1, 0.15) is 11.5 Å². The highest BCUT2D eigenvalue weighted by molar-refractivity contribution is 8.03. The molecule has 40 heavy (non-hydrogen) atoms. The third-order valence-corrected chi connectivity index (χ3v) is 13.0. The van der Waals surface area contributed by atoms with Crippen LogP contribution in [0.1, 0.15) is 148 Å². The van der Waals surface area contributed by atoms with E-state index in [1.807, 2.05) is 0 Å². The summed E-state index contributed by atoms with van der Waals surface area (Å²) in [5, 5.41) is 23.9. The molecule has 0 bridgehead atoms. The van der Waals surface area contributed by atoms with E-state index in [1.165, 1.54) is 125 Å². The third kappa shape index (κ3) is 7.77. The summed E-state index contributed by atoms with van der Waals surface area (Å²) in [6.07, 6.45) is 20.6. The van der Waals surface area contributed by atoms with Crippen molar-refractivity contribution in [2.24, 2.45) is 0 Å². The molecule has 2 aromatic carbocycles. The van der Waals surface area contributed by atoms with E-state index >= 15 is 0 Å². The molecule has 220 valence electrons. The Bertz CT molecular complexity index is 1010. The monoisotopic (exact) mass is 580 g/mol. The van der Waals surface area contributed by atoms with Crippen LogP contribution in [0.5, 0.6) is 11.5 Å². The Morgan fingerprint density at radius 2 is 0.875 bits per heavy atom. The highest BCUT2D eigenvalue weighted by Crippen LogP contribution is 2.44. The molecule has 2 nitrogen and oxygen atoms in total. The summed E-state index contributed by atoms with van der Waals surface area (Å²) in [6.45, 7) is 4.40. The summed E-state index contributed by atoms with van der Waals surface area (Å²) in [5.74, 6) is 4.03. The number of aryl methyl sites for hydroxylation is 2. The van der Waals surface area contributed by atoms with E-state index in [2.05, 4.69) is 61.6 Å². The van der Waals surface area contributed by atoms with Gasteiger partial charge in [-0.15, -0.1) is 0 Å². The van der Waals surface area contributed by atoms with Gasteiger partial charge < -0.3 is 10.2 Å². The Morgan fingerprint density at radius 1 is 0.525 bits per heavy atom. The van der Waals surface area contributed by atoms with Gasteiger partial charge in [-0.3, -0.25) is 0 Å². The topological polar surface area (TPSA) is 40.5 Å². The summed E-state index contributed by atoms with van der Waals surface area (Å²) in [6, 6.07) is 8.97. The Hall–Kier alpha value is -1.26. The van der Waals surface area contributed by atoms with Gasteiger partial charge in [-0.2, -0.15) is 23.5 Å². The number of benzene rings is 2. The van der Waals surface area contributed by atoms with Crippen LogP contribution < -0.4 is 0 Å². The van der Waals surface area contributed by atoms with Crippen molar-refractivity contribution in [3.05, 3.63) is 57.6 Å². The van der Waals surface area contributed by atoms with Gasteiger partial charge >= 0.3 is 0 Å². The maximum atomic E-state index is 11.4. The Morgan fingerprint density at radius 3 is 1.27 bits per heavy atom. The molecule has 0 aromatic heterocycles. The standard InChI is InChI=1S/C36H52O2S2/c1-25-19-29(35(37)31(21-25)27-13-7-5-8-14-27)23-39-33-17-11-3-4-12-18-34(33)40-24-30-20-26(2)22-32(36(30)38)28-15-9-6-10-16-28/h19-22,27-28,33-34,37-38H,3-18,23-24H2,1-2H3/t33-,34?/m0/s1. The number of hydrogen-bond acceptors (Lipinski definition) is 4. The second-order valence-corrected chi connectivity index (χ2v) is 15.5. The summed E-state index contributed by atoms with van der Waals surface area (Å²) < 4.78 is 0. The third-order valence-electron chi connectivity index (χ3n) is 9.86. The van der Waals surface area contributed by atoms with E-state index in [0.29, 0.717) is 33.8 Å². The molecule has 3 fully saturated rings. The fourth-order valence-corrected chi connectivity index (χ4v) is 10.7. The maximum absolute atomic E-state index is 11.4. The quantitative estimate of drug-likeness (QED) is 0.326.